The maximum atomic E-state index is 10.0. The Morgan fingerprint density at radius 2 is 1.74 bits per heavy atom. The Morgan fingerprint density at radius 1 is 1.00 bits per heavy atom. The van der Waals surface area contributed by atoms with Crippen LogP contribution in [-0.2, 0) is 0 Å². The third kappa shape index (κ3) is 2.91. The summed E-state index contributed by atoms with van der Waals surface area (Å²) in [7, 11) is 0. The molecule has 0 bridgehead atoms. The van der Waals surface area contributed by atoms with Crippen LogP contribution in [0.15, 0.2) is 30.3 Å². The number of hydrogen-bond acceptors (Lipinski definition) is 1. The highest BCUT2D eigenvalue weighted by Crippen LogP contribution is 2.32. The van der Waals surface area contributed by atoms with Gasteiger partial charge in [-0.1, -0.05) is 52.3 Å². The van der Waals surface area contributed by atoms with Gasteiger partial charge in [0.2, 0.25) is 0 Å². The molecule has 1 heteroatoms. The van der Waals surface area contributed by atoms with Crippen LogP contribution >= 0.6 is 0 Å². The van der Waals surface area contributed by atoms with Crippen LogP contribution in [-0.4, -0.2) is 5.11 Å². The third-order valence-corrected chi connectivity index (χ3v) is 3.92. The quantitative estimate of drug-likeness (QED) is 0.758. The Kier molecular flexibility index (Phi) is 4.14. The molecule has 0 fully saturated rings. The van der Waals surface area contributed by atoms with Gasteiger partial charge in [-0.15, -0.1) is 0 Å². The van der Waals surface area contributed by atoms with E-state index in [2.05, 4.69) is 52.0 Å². The first-order valence-electron chi connectivity index (χ1n) is 7.29. The molecule has 1 unspecified atom stereocenters. The Hall–Kier alpha value is -1.50. The van der Waals surface area contributed by atoms with Gasteiger partial charge in [-0.3, -0.25) is 0 Å². The van der Waals surface area contributed by atoms with E-state index < -0.39 is 0 Å². The molecule has 2 aromatic rings. The van der Waals surface area contributed by atoms with E-state index in [-0.39, 0.29) is 0 Å². The lowest BCUT2D eigenvalue weighted by atomic mass is 9.92. The van der Waals surface area contributed by atoms with E-state index in [0.29, 0.717) is 17.6 Å². The number of phenolic OH excluding ortho intramolecular Hbond substituents is 1. The van der Waals surface area contributed by atoms with E-state index >= 15 is 0 Å². The molecule has 19 heavy (non-hydrogen) atoms. The number of phenols is 1. The Balaban J connectivity index is 2.49. The first kappa shape index (κ1) is 13.9. The summed E-state index contributed by atoms with van der Waals surface area (Å²) in [6.45, 7) is 8.75. The number of aromatic hydroxyl groups is 1. The molecule has 2 rings (SSSR count). The molecular weight excluding hydrogens is 232 g/mol. The monoisotopic (exact) mass is 256 g/mol. The van der Waals surface area contributed by atoms with Gasteiger partial charge in [0.25, 0.3) is 0 Å². The molecule has 0 saturated heterocycles. The molecule has 102 valence electrons. The van der Waals surface area contributed by atoms with Crippen LogP contribution in [0.1, 0.15) is 63.5 Å². The molecule has 2 aromatic carbocycles. The topological polar surface area (TPSA) is 20.2 Å². The summed E-state index contributed by atoms with van der Waals surface area (Å²) in [6, 6.07) is 10.6. The molecule has 1 atom stereocenters. The standard InChI is InChI=1S/C18H24O/c1-5-6-13(4)14-7-8-15-11-18(19)17(12(2)3)10-16(15)9-14/h7-13,19H,5-6H2,1-4H3. The maximum absolute atomic E-state index is 10.0. The van der Waals surface area contributed by atoms with E-state index in [9.17, 15) is 5.11 Å². The van der Waals surface area contributed by atoms with Crippen LogP contribution in [0.25, 0.3) is 10.8 Å². The summed E-state index contributed by atoms with van der Waals surface area (Å²) in [6.07, 6.45) is 2.44. The lowest BCUT2D eigenvalue weighted by Gasteiger charge is -2.14. The third-order valence-electron chi connectivity index (χ3n) is 3.92. The fraction of sp³-hybridized carbons (Fsp3) is 0.444. The SMILES string of the molecule is CCCC(C)c1ccc2cc(O)c(C(C)C)cc2c1. The molecule has 1 N–H and O–H groups in total. The second-order valence-electron chi connectivity index (χ2n) is 5.86. The summed E-state index contributed by atoms with van der Waals surface area (Å²) < 4.78 is 0. The number of hydrogen-bond donors (Lipinski definition) is 1. The largest absolute Gasteiger partial charge is 0.508 e. The summed E-state index contributed by atoms with van der Waals surface area (Å²) in [5.41, 5.74) is 2.43. The van der Waals surface area contributed by atoms with Crippen LogP contribution in [0.2, 0.25) is 0 Å². The van der Waals surface area contributed by atoms with Crippen molar-refractivity contribution in [2.75, 3.05) is 0 Å². The molecule has 0 spiro atoms. The maximum Gasteiger partial charge on any atom is 0.119 e. The zero-order valence-electron chi connectivity index (χ0n) is 12.4. The highest BCUT2D eigenvalue weighted by molar-refractivity contribution is 5.85. The van der Waals surface area contributed by atoms with Gasteiger partial charge >= 0.3 is 0 Å². The van der Waals surface area contributed by atoms with E-state index in [1.165, 1.54) is 23.8 Å². The zero-order valence-corrected chi connectivity index (χ0v) is 12.4. The summed E-state index contributed by atoms with van der Waals surface area (Å²) in [5, 5.41) is 12.4. The number of fused-ring (bicyclic) bond motifs is 1. The highest BCUT2D eigenvalue weighted by Gasteiger charge is 2.10. The molecule has 0 aliphatic carbocycles. The van der Waals surface area contributed by atoms with Crippen LogP contribution in [0.4, 0.5) is 0 Å². The molecule has 0 aromatic heterocycles. The zero-order chi connectivity index (χ0) is 14.0. The van der Waals surface area contributed by atoms with Crippen LogP contribution in [0.5, 0.6) is 5.75 Å². The Labute approximate surface area is 116 Å². The minimum absolute atomic E-state index is 0.348. The first-order chi connectivity index (χ1) is 9.02. The van der Waals surface area contributed by atoms with E-state index in [1.807, 2.05) is 6.07 Å². The van der Waals surface area contributed by atoms with Crippen molar-refractivity contribution in [3.8, 4) is 5.75 Å². The van der Waals surface area contributed by atoms with E-state index in [4.69, 9.17) is 0 Å². The van der Waals surface area contributed by atoms with Crippen molar-refractivity contribution in [3.05, 3.63) is 41.5 Å². The predicted octanol–water partition coefficient (Wildman–Crippen LogP) is 5.57. The summed E-state index contributed by atoms with van der Waals surface area (Å²) in [4.78, 5) is 0. The van der Waals surface area contributed by atoms with Gasteiger partial charge in [-0.25, -0.2) is 0 Å². The van der Waals surface area contributed by atoms with Crippen molar-refractivity contribution in [1.29, 1.82) is 0 Å². The summed E-state index contributed by atoms with van der Waals surface area (Å²) >= 11 is 0. The molecule has 0 aliphatic heterocycles. The lowest BCUT2D eigenvalue weighted by Crippen LogP contribution is -1.94. The molecule has 0 radical (unpaired) electrons. The molecule has 0 aliphatic rings. The average Bonchev–Trinajstić information content (AvgIpc) is 2.37. The molecule has 0 heterocycles. The minimum atomic E-state index is 0.348. The minimum Gasteiger partial charge on any atom is -0.508 e. The van der Waals surface area contributed by atoms with Crippen molar-refractivity contribution in [2.45, 2.75) is 52.4 Å². The van der Waals surface area contributed by atoms with Crippen molar-refractivity contribution in [2.24, 2.45) is 0 Å². The molecule has 1 nitrogen and oxygen atoms in total. The molecule has 0 saturated carbocycles. The van der Waals surface area contributed by atoms with Gasteiger partial charge in [0, 0.05) is 0 Å². The van der Waals surface area contributed by atoms with Crippen molar-refractivity contribution in [3.63, 3.8) is 0 Å². The van der Waals surface area contributed by atoms with Gasteiger partial charge in [-0.05, 0) is 52.3 Å². The smallest absolute Gasteiger partial charge is 0.119 e. The van der Waals surface area contributed by atoms with Crippen molar-refractivity contribution >= 4 is 10.8 Å². The van der Waals surface area contributed by atoms with Crippen molar-refractivity contribution < 1.29 is 5.11 Å². The first-order valence-corrected chi connectivity index (χ1v) is 7.29. The fourth-order valence-corrected chi connectivity index (χ4v) is 2.69. The van der Waals surface area contributed by atoms with E-state index in [1.54, 1.807) is 0 Å². The lowest BCUT2D eigenvalue weighted by molar-refractivity contribution is 0.466. The normalized spacial score (nSPS) is 13.1. The van der Waals surface area contributed by atoms with Crippen LogP contribution in [0.3, 0.4) is 0 Å². The van der Waals surface area contributed by atoms with E-state index in [0.717, 1.165) is 10.9 Å². The van der Waals surface area contributed by atoms with Crippen LogP contribution in [0, 0.1) is 0 Å². The van der Waals surface area contributed by atoms with Gasteiger partial charge in [-0.2, -0.15) is 0 Å². The average molecular weight is 256 g/mol. The Bertz CT molecular complexity index is 569. The van der Waals surface area contributed by atoms with Gasteiger partial charge in [0.05, 0.1) is 0 Å². The molecular formula is C18H24O. The van der Waals surface area contributed by atoms with Crippen molar-refractivity contribution in [1.82, 2.24) is 0 Å². The number of rotatable bonds is 4. The van der Waals surface area contributed by atoms with Gasteiger partial charge < -0.3 is 5.11 Å². The predicted molar refractivity (Wildman–Crippen MR) is 83.0 cm³/mol. The van der Waals surface area contributed by atoms with Gasteiger partial charge in [0.15, 0.2) is 0 Å². The second kappa shape index (κ2) is 5.64. The number of benzene rings is 2. The Morgan fingerprint density at radius 3 is 2.37 bits per heavy atom. The van der Waals surface area contributed by atoms with Gasteiger partial charge in [0.1, 0.15) is 5.75 Å². The highest BCUT2D eigenvalue weighted by atomic mass is 16.3. The fourth-order valence-electron chi connectivity index (χ4n) is 2.69. The van der Waals surface area contributed by atoms with Crippen LogP contribution < -0.4 is 0 Å². The summed E-state index contributed by atoms with van der Waals surface area (Å²) in [5.74, 6) is 1.36. The molecule has 0 amide bonds. The second-order valence-corrected chi connectivity index (χ2v) is 5.86.